The number of benzene rings is 4. The van der Waals surface area contributed by atoms with Crippen molar-refractivity contribution in [3.05, 3.63) is 119 Å². The van der Waals surface area contributed by atoms with Crippen molar-refractivity contribution in [2.24, 2.45) is 10.2 Å². The zero-order valence-corrected chi connectivity index (χ0v) is 15.3. The van der Waals surface area contributed by atoms with Gasteiger partial charge in [-0.05, 0) is 44.5 Å². The molecule has 2 aliphatic carbocycles. The lowest BCUT2D eigenvalue weighted by Crippen LogP contribution is -1.95. The van der Waals surface area contributed by atoms with Gasteiger partial charge in [0.25, 0.3) is 0 Å². The number of nitrogens with zero attached hydrogens (tertiary/aromatic N) is 2. The van der Waals surface area contributed by atoms with Gasteiger partial charge in [0.05, 0.1) is 0 Å². The van der Waals surface area contributed by atoms with Crippen molar-refractivity contribution in [3.8, 4) is 22.3 Å². The molecule has 0 saturated heterocycles. The van der Waals surface area contributed by atoms with Crippen molar-refractivity contribution in [2.75, 3.05) is 0 Å². The Hall–Kier alpha value is -3.52. The van der Waals surface area contributed by atoms with Crippen molar-refractivity contribution >= 4 is 0 Å². The van der Waals surface area contributed by atoms with Crippen LogP contribution < -0.4 is 0 Å². The molecule has 0 unspecified atom stereocenters. The molecule has 0 N–H and O–H groups in total. The Labute approximate surface area is 164 Å². The number of hydrogen-bond acceptors (Lipinski definition) is 2. The Morgan fingerprint density at radius 1 is 0.357 bits per heavy atom. The molecule has 132 valence electrons. The average molecular weight is 358 g/mol. The maximum absolute atomic E-state index is 4.91. The molecule has 0 amide bonds. The molecule has 0 atom stereocenters. The van der Waals surface area contributed by atoms with Crippen LogP contribution in [0.1, 0.15) is 34.3 Å². The van der Waals surface area contributed by atoms with E-state index in [1.807, 2.05) is 0 Å². The van der Waals surface area contributed by atoms with Gasteiger partial charge in [-0.2, -0.15) is 10.2 Å². The Kier molecular flexibility index (Phi) is 3.33. The molecule has 0 radical (unpaired) electrons. The van der Waals surface area contributed by atoms with Crippen molar-refractivity contribution in [1.82, 2.24) is 0 Å². The van der Waals surface area contributed by atoms with E-state index in [9.17, 15) is 0 Å². The van der Waals surface area contributed by atoms with Gasteiger partial charge >= 0.3 is 0 Å². The monoisotopic (exact) mass is 358 g/mol. The van der Waals surface area contributed by atoms with Gasteiger partial charge in [0, 0.05) is 0 Å². The summed E-state index contributed by atoms with van der Waals surface area (Å²) in [6, 6.07) is 34.1. The molecule has 2 aliphatic rings. The van der Waals surface area contributed by atoms with E-state index in [1.165, 1.54) is 44.5 Å². The van der Waals surface area contributed by atoms with Crippen LogP contribution in [0.2, 0.25) is 0 Å². The summed E-state index contributed by atoms with van der Waals surface area (Å²) in [5, 5.41) is 9.82. The molecule has 0 fully saturated rings. The van der Waals surface area contributed by atoms with Crippen LogP contribution in [0.15, 0.2) is 107 Å². The summed E-state index contributed by atoms with van der Waals surface area (Å²) in [6.45, 7) is 0. The van der Waals surface area contributed by atoms with Crippen LogP contribution in [0.25, 0.3) is 22.3 Å². The van der Waals surface area contributed by atoms with Gasteiger partial charge in [0.2, 0.25) is 0 Å². The minimum Gasteiger partial charge on any atom is -0.180 e. The molecule has 0 bridgehead atoms. The maximum atomic E-state index is 4.91. The summed E-state index contributed by atoms with van der Waals surface area (Å²) >= 11 is 0. The minimum absolute atomic E-state index is 0.0349. The third kappa shape index (κ3) is 2.15. The van der Waals surface area contributed by atoms with Gasteiger partial charge in [-0.25, -0.2) is 0 Å². The summed E-state index contributed by atoms with van der Waals surface area (Å²) in [6.07, 6.45) is 0. The van der Waals surface area contributed by atoms with Crippen LogP contribution >= 0.6 is 0 Å². The molecule has 0 heterocycles. The quantitative estimate of drug-likeness (QED) is 0.345. The molecule has 28 heavy (non-hydrogen) atoms. The smallest absolute Gasteiger partial charge is 0.122 e. The number of rotatable bonds is 2. The Balaban J connectivity index is 1.47. The standard InChI is InChI=1S/C26H18N2/c1-5-13-21-17(9-1)18-10-2-6-14-22(18)25(21)27-28-26-23-15-7-3-11-19(23)20-12-4-8-16-24(20)26/h1-16,25-26H. The van der Waals surface area contributed by atoms with Gasteiger partial charge in [-0.3, -0.25) is 0 Å². The number of fused-ring (bicyclic) bond motifs is 6. The van der Waals surface area contributed by atoms with Crippen molar-refractivity contribution in [1.29, 1.82) is 0 Å². The first-order valence-electron chi connectivity index (χ1n) is 9.68. The Bertz CT molecular complexity index is 1050. The van der Waals surface area contributed by atoms with Gasteiger partial charge in [0.1, 0.15) is 12.1 Å². The van der Waals surface area contributed by atoms with Crippen LogP contribution in [0.5, 0.6) is 0 Å². The Morgan fingerprint density at radius 2 is 0.607 bits per heavy atom. The predicted octanol–water partition coefficient (Wildman–Crippen LogP) is 6.98. The molecule has 0 aliphatic heterocycles. The van der Waals surface area contributed by atoms with Crippen molar-refractivity contribution in [3.63, 3.8) is 0 Å². The zero-order chi connectivity index (χ0) is 18.5. The molecule has 2 heteroatoms. The van der Waals surface area contributed by atoms with E-state index in [1.54, 1.807) is 0 Å². The minimum atomic E-state index is -0.0349. The second-order valence-corrected chi connectivity index (χ2v) is 7.39. The molecule has 0 aromatic heterocycles. The van der Waals surface area contributed by atoms with Crippen molar-refractivity contribution in [2.45, 2.75) is 12.1 Å². The van der Waals surface area contributed by atoms with Crippen LogP contribution in [0.3, 0.4) is 0 Å². The second kappa shape index (κ2) is 6.00. The normalized spacial score (nSPS) is 14.7. The maximum Gasteiger partial charge on any atom is 0.122 e. The molecule has 2 nitrogen and oxygen atoms in total. The van der Waals surface area contributed by atoms with Crippen LogP contribution in [-0.4, -0.2) is 0 Å². The lowest BCUT2D eigenvalue weighted by atomic mass is 10.1. The van der Waals surface area contributed by atoms with E-state index in [0.29, 0.717) is 0 Å². The Morgan fingerprint density at radius 3 is 0.893 bits per heavy atom. The van der Waals surface area contributed by atoms with E-state index in [2.05, 4.69) is 97.1 Å². The molecular weight excluding hydrogens is 340 g/mol. The van der Waals surface area contributed by atoms with Gasteiger partial charge in [-0.1, -0.05) is 97.1 Å². The first kappa shape index (κ1) is 15.5. The molecule has 0 spiro atoms. The third-order valence-electron chi connectivity index (χ3n) is 5.90. The van der Waals surface area contributed by atoms with E-state index in [0.717, 1.165) is 0 Å². The predicted molar refractivity (Wildman–Crippen MR) is 112 cm³/mol. The summed E-state index contributed by atoms with van der Waals surface area (Å²) < 4.78 is 0. The highest BCUT2D eigenvalue weighted by Gasteiger charge is 2.31. The molecular formula is C26H18N2. The van der Waals surface area contributed by atoms with Crippen molar-refractivity contribution < 1.29 is 0 Å². The summed E-state index contributed by atoms with van der Waals surface area (Å²) in [4.78, 5) is 0. The summed E-state index contributed by atoms with van der Waals surface area (Å²) in [7, 11) is 0. The average Bonchev–Trinajstić information content (AvgIpc) is 3.26. The second-order valence-electron chi connectivity index (χ2n) is 7.39. The fraction of sp³-hybridized carbons (Fsp3) is 0.0769. The van der Waals surface area contributed by atoms with Crippen LogP contribution in [0.4, 0.5) is 0 Å². The molecule has 4 aromatic rings. The van der Waals surface area contributed by atoms with Crippen LogP contribution in [-0.2, 0) is 0 Å². The highest BCUT2D eigenvalue weighted by Crippen LogP contribution is 2.48. The fourth-order valence-electron chi connectivity index (χ4n) is 4.64. The molecule has 0 saturated carbocycles. The lowest BCUT2D eigenvalue weighted by Gasteiger charge is -2.10. The highest BCUT2D eigenvalue weighted by atomic mass is 15.1. The van der Waals surface area contributed by atoms with E-state index < -0.39 is 0 Å². The van der Waals surface area contributed by atoms with E-state index in [-0.39, 0.29) is 12.1 Å². The first-order valence-corrected chi connectivity index (χ1v) is 9.68. The fourth-order valence-corrected chi connectivity index (χ4v) is 4.64. The number of hydrogen-bond donors (Lipinski definition) is 0. The SMILES string of the molecule is c1ccc2c(c1)-c1ccccc1C2N=NC1c2ccccc2-c2ccccc21. The largest absolute Gasteiger partial charge is 0.180 e. The van der Waals surface area contributed by atoms with Crippen LogP contribution in [0, 0.1) is 0 Å². The summed E-state index contributed by atoms with van der Waals surface area (Å²) in [5.74, 6) is 0. The summed E-state index contributed by atoms with van der Waals surface area (Å²) in [5.41, 5.74) is 10.1. The van der Waals surface area contributed by atoms with Gasteiger partial charge in [-0.15, -0.1) is 0 Å². The molecule has 4 aromatic carbocycles. The van der Waals surface area contributed by atoms with Gasteiger partial charge < -0.3 is 0 Å². The van der Waals surface area contributed by atoms with E-state index in [4.69, 9.17) is 10.2 Å². The first-order chi connectivity index (χ1) is 13.9. The molecule has 6 rings (SSSR count). The third-order valence-corrected chi connectivity index (χ3v) is 5.90. The highest BCUT2D eigenvalue weighted by molar-refractivity contribution is 5.79. The lowest BCUT2D eigenvalue weighted by molar-refractivity contribution is 0.723. The van der Waals surface area contributed by atoms with E-state index >= 15 is 0 Å². The van der Waals surface area contributed by atoms with Gasteiger partial charge in [0.15, 0.2) is 0 Å². The zero-order valence-electron chi connectivity index (χ0n) is 15.3. The topological polar surface area (TPSA) is 24.7 Å². The number of azo groups is 1.